The van der Waals surface area contributed by atoms with Crippen LogP contribution in [0, 0.1) is 0 Å². The topological polar surface area (TPSA) is 58.1 Å². The molecule has 0 fully saturated rings. The summed E-state index contributed by atoms with van der Waals surface area (Å²) < 4.78 is 3.79. The van der Waals surface area contributed by atoms with Gasteiger partial charge >= 0.3 is 0 Å². The smallest absolute Gasteiger partial charge is 0.241 e. The van der Waals surface area contributed by atoms with Gasteiger partial charge in [0, 0.05) is 25.6 Å². The molecular formula is C6H10N4OS. The molecule has 12 heavy (non-hydrogen) atoms. The summed E-state index contributed by atoms with van der Waals surface area (Å²) in [5, 5.41) is 3.53. The summed E-state index contributed by atoms with van der Waals surface area (Å²) in [6, 6.07) is 0. The van der Waals surface area contributed by atoms with Crippen molar-refractivity contribution in [2.45, 2.75) is 0 Å². The Morgan fingerprint density at radius 3 is 3.00 bits per heavy atom. The molecule has 0 spiro atoms. The van der Waals surface area contributed by atoms with E-state index in [1.165, 1.54) is 22.8 Å². The van der Waals surface area contributed by atoms with Crippen molar-refractivity contribution in [3.05, 3.63) is 6.33 Å². The van der Waals surface area contributed by atoms with E-state index in [1.807, 2.05) is 0 Å². The first-order valence-corrected chi connectivity index (χ1v) is 4.18. The van der Waals surface area contributed by atoms with Gasteiger partial charge in [0.05, 0.1) is 6.54 Å². The molecule has 1 heterocycles. The van der Waals surface area contributed by atoms with Crippen molar-refractivity contribution in [1.29, 1.82) is 0 Å². The summed E-state index contributed by atoms with van der Waals surface area (Å²) in [6.45, 7) is 0.266. The van der Waals surface area contributed by atoms with Crippen molar-refractivity contribution in [1.82, 2.24) is 14.3 Å². The molecule has 5 nitrogen and oxygen atoms in total. The lowest BCUT2D eigenvalue weighted by Crippen LogP contribution is -2.28. The average molecular weight is 186 g/mol. The predicted octanol–water partition coefficient (Wildman–Crippen LogP) is 0.0382. The summed E-state index contributed by atoms with van der Waals surface area (Å²) in [4.78, 5) is 16.5. The van der Waals surface area contributed by atoms with E-state index in [0.717, 1.165) is 0 Å². The zero-order valence-electron chi connectivity index (χ0n) is 6.94. The number of hydrogen-bond acceptors (Lipinski definition) is 5. The van der Waals surface area contributed by atoms with E-state index in [-0.39, 0.29) is 12.5 Å². The van der Waals surface area contributed by atoms with Crippen LogP contribution in [-0.2, 0) is 4.79 Å². The molecule has 0 radical (unpaired) electrons. The third kappa shape index (κ3) is 2.46. The number of aromatic nitrogens is 2. The highest BCUT2D eigenvalue weighted by molar-refractivity contribution is 7.09. The number of hydrogen-bond donors (Lipinski definition) is 1. The summed E-state index contributed by atoms with van der Waals surface area (Å²) in [5.74, 6) is 0.0187. The highest BCUT2D eigenvalue weighted by Gasteiger charge is 2.03. The van der Waals surface area contributed by atoms with E-state index >= 15 is 0 Å². The van der Waals surface area contributed by atoms with E-state index in [2.05, 4.69) is 14.7 Å². The standard InChI is InChI=1S/C6H10N4OS/c1-10(2)5(11)3-7-6-8-4-9-12-6/h4H,3H2,1-2H3,(H,7,8,9). The fourth-order valence-electron chi connectivity index (χ4n) is 0.560. The second kappa shape index (κ2) is 4.01. The largest absolute Gasteiger partial charge is 0.351 e. The van der Waals surface area contributed by atoms with Crippen molar-refractivity contribution >= 4 is 22.6 Å². The lowest BCUT2D eigenvalue weighted by Gasteiger charge is -2.09. The van der Waals surface area contributed by atoms with Crippen LogP contribution in [0.3, 0.4) is 0 Å². The first-order chi connectivity index (χ1) is 5.70. The van der Waals surface area contributed by atoms with Crippen molar-refractivity contribution < 1.29 is 4.79 Å². The monoisotopic (exact) mass is 186 g/mol. The number of nitrogens with one attached hydrogen (secondary N) is 1. The third-order valence-corrected chi connectivity index (χ3v) is 1.87. The van der Waals surface area contributed by atoms with Crippen molar-refractivity contribution in [3.63, 3.8) is 0 Å². The highest BCUT2D eigenvalue weighted by atomic mass is 32.1. The summed E-state index contributed by atoms with van der Waals surface area (Å²) >= 11 is 1.23. The molecule has 0 bridgehead atoms. The van der Waals surface area contributed by atoms with Gasteiger partial charge < -0.3 is 10.2 Å². The summed E-state index contributed by atoms with van der Waals surface area (Å²) in [7, 11) is 3.42. The average Bonchev–Trinajstić information content (AvgIpc) is 2.51. The second-order valence-electron chi connectivity index (χ2n) is 2.39. The van der Waals surface area contributed by atoms with Crippen LogP contribution >= 0.6 is 11.5 Å². The molecule has 6 heteroatoms. The lowest BCUT2D eigenvalue weighted by atomic mass is 10.5. The van der Waals surface area contributed by atoms with Gasteiger partial charge in [0.25, 0.3) is 0 Å². The molecular weight excluding hydrogens is 176 g/mol. The zero-order valence-corrected chi connectivity index (χ0v) is 7.76. The van der Waals surface area contributed by atoms with Gasteiger partial charge in [-0.25, -0.2) is 4.98 Å². The van der Waals surface area contributed by atoms with Crippen LogP contribution in [0.1, 0.15) is 0 Å². The Kier molecular flexibility index (Phi) is 2.98. The molecule has 1 aromatic rings. The first kappa shape index (κ1) is 8.92. The fourth-order valence-corrected chi connectivity index (χ4v) is 0.985. The van der Waals surface area contributed by atoms with Crippen LogP contribution < -0.4 is 5.32 Å². The molecule has 66 valence electrons. The molecule has 1 rings (SSSR count). The number of carbonyl (C=O) groups is 1. The van der Waals surface area contributed by atoms with Gasteiger partial charge in [-0.05, 0) is 0 Å². The van der Waals surface area contributed by atoms with E-state index < -0.39 is 0 Å². The van der Waals surface area contributed by atoms with Crippen molar-refractivity contribution in [3.8, 4) is 0 Å². The maximum Gasteiger partial charge on any atom is 0.241 e. The van der Waals surface area contributed by atoms with Crippen LogP contribution in [0.15, 0.2) is 6.33 Å². The van der Waals surface area contributed by atoms with Crippen LogP contribution in [0.5, 0.6) is 0 Å². The minimum Gasteiger partial charge on any atom is -0.351 e. The molecule has 0 aliphatic rings. The van der Waals surface area contributed by atoms with Gasteiger partial charge in [-0.2, -0.15) is 4.37 Å². The van der Waals surface area contributed by atoms with Crippen LogP contribution in [0.2, 0.25) is 0 Å². The Balaban J connectivity index is 2.32. The first-order valence-electron chi connectivity index (χ1n) is 3.41. The molecule has 0 saturated heterocycles. The van der Waals surface area contributed by atoms with Gasteiger partial charge in [0.2, 0.25) is 11.0 Å². The normalized spacial score (nSPS) is 9.50. The Morgan fingerprint density at radius 2 is 2.50 bits per heavy atom. The number of carbonyl (C=O) groups excluding carboxylic acids is 1. The van der Waals surface area contributed by atoms with E-state index in [1.54, 1.807) is 14.1 Å². The van der Waals surface area contributed by atoms with Gasteiger partial charge in [-0.3, -0.25) is 4.79 Å². The Hall–Kier alpha value is -1.17. The molecule has 1 N–H and O–H groups in total. The van der Waals surface area contributed by atoms with Crippen molar-refractivity contribution in [2.24, 2.45) is 0 Å². The molecule has 1 amide bonds. The predicted molar refractivity (Wildman–Crippen MR) is 47.1 cm³/mol. The van der Waals surface area contributed by atoms with Gasteiger partial charge in [0.15, 0.2) is 0 Å². The van der Waals surface area contributed by atoms with E-state index in [9.17, 15) is 4.79 Å². The summed E-state index contributed by atoms with van der Waals surface area (Å²) in [5.41, 5.74) is 0. The molecule has 0 unspecified atom stereocenters. The maximum atomic E-state index is 11.1. The van der Waals surface area contributed by atoms with Gasteiger partial charge in [-0.15, -0.1) is 0 Å². The number of anilines is 1. The van der Waals surface area contributed by atoms with E-state index in [4.69, 9.17) is 0 Å². The lowest BCUT2D eigenvalue weighted by molar-refractivity contribution is -0.126. The molecule has 0 aliphatic carbocycles. The number of likely N-dealkylation sites (N-methyl/N-ethyl adjacent to an activating group) is 1. The fraction of sp³-hybridized carbons (Fsp3) is 0.500. The minimum atomic E-state index is 0.0187. The third-order valence-electron chi connectivity index (χ3n) is 1.25. The highest BCUT2D eigenvalue weighted by Crippen LogP contribution is 2.05. The number of rotatable bonds is 3. The molecule has 0 saturated carbocycles. The van der Waals surface area contributed by atoms with Gasteiger partial charge in [-0.1, -0.05) is 0 Å². The SMILES string of the molecule is CN(C)C(=O)CNc1ncns1. The zero-order chi connectivity index (χ0) is 8.97. The van der Waals surface area contributed by atoms with Crippen LogP contribution in [0.4, 0.5) is 5.13 Å². The van der Waals surface area contributed by atoms with Gasteiger partial charge in [0.1, 0.15) is 6.33 Å². The minimum absolute atomic E-state index is 0.0187. The maximum absolute atomic E-state index is 11.1. The molecule has 1 aromatic heterocycles. The van der Waals surface area contributed by atoms with Crippen molar-refractivity contribution in [2.75, 3.05) is 26.0 Å². The Bertz CT molecular complexity index is 246. The number of nitrogens with zero attached hydrogens (tertiary/aromatic N) is 3. The molecule has 0 aromatic carbocycles. The Morgan fingerprint density at radius 1 is 1.75 bits per heavy atom. The summed E-state index contributed by atoms with van der Waals surface area (Å²) in [6.07, 6.45) is 1.45. The van der Waals surface area contributed by atoms with Crippen LogP contribution in [0.25, 0.3) is 0 Å². The second-order valence-corrected chi connectivity index (χ2v) is 3.17. The van der Waals surface area contributed by atoms with Crippen LogP contribution in [-0.4, -0.2) is 40.8 Å². The quantitative estimate of drug-likeness (QED) is 0.724. The number of amides is 1. The van der Waals surface area contributed by atoms with E-state index in [0.29, 0.717) is 5.13 Å². The Labute approximate surface area is 74.6 Å². The molecule has 0 atom stereocenters. The molecule has 0 aliphatic heterocycles.